The van der Waals surface area contributed by atoms with E-state index in [1.54, 1.807) is 12.4 Å². The van der Waals surface area contributed by atoms with Gasteiger partial charge in [0, 0.05) is 42.2 Å². The van der Waals surface area contributed by atoms with Gasteiger partial charge in [0.05, 0.1) is 6.61 Å². The minimum atomic E-state index is 0.201. The highest BCUT2D eigenvalue weighted by Gasteiger charge is 2.19. The number of carbonyl (C=O) groups excluding carboxylic acids is 1. The van der Waals surface area contributed by atoms with Crippen LogP contribution in [0.1, 0.15) is 23.1 Å². The molecular formula is C17H16ClNO2. The van der Waals surface area contributed by atoms with Crippen LogP contribution in [0.4, 0.5) is 0 Å². The largest absolute Gasteiger partial charge is 0.493 e. The normalized spacial score (nSPS) is 12.8. The predicted octanol–water partition coefficient (Wildman–Crippen LogP) is 3.41. The highest BCUT2D eigenvalue weighted by molar-refractivity contribution is 6.30. The number of carbonyl (C=O) groups is 1. The quantitative estimate of drug-likeness (QED) is 0.849. The molecule has 1 aliphatic heterocycles. The Kier molecular flexibility index (Phi) is 4.20. The maximum Gasteiger partial charge on any atom is 0.137 e. The van der Waals surface area contributed by atoms with Gasteiger partial charge < -0.3 is 4.74 Å². The van der Waals surface area contributed by atoms with Crippen molar-refractivity contribution in [2.45, 2.75) is 25.7 Å². The third-order valence-electron chi connectivity index (χ3n) is 3.65. The van der Waals surface area contributed by atoms with E-state index in [0.717, 1.165) is 35.3 Å². The lowest BCUT2D eigenvalue weighted by molar-refractivity contribution is -0.118. The van der Waals surface area contributed by atoms with Crippen molar-refractivity contribution >= 4 is 17.4 Å². The van der Waals surface area contributed by atoms with Crippen molar-refractivity contribution in [1.82, 2.24) is 4.98 Å². The molecule has 3 nitrogen and oxygen atoms in total. The second-order valence-corrected chi connectivity index (χ2v) is 5.66. The van der Waals surface area contributed by atoms with E-state index < -0.39 is 0 Å². The molecule has 4 heteroatoms. The van der Waals surface area contributed by atoms with Crippen LogP contribution < -0.4 is 4.74 Å². The number of pyridine rings is 1. The Hall–Kier alpha value is -1.87. The molecule has 2 aromatic rings. The number of benzene rings is 1. The second kappa shape index (κ2) is 6.27. The van der Waals surface area contributed by atoms with E-state index in [1.165, 1.54) is 0 Å². The van der Waals surface area contributed by atoms with Crippen molar-refractivity contribution in [3.05, 3.63) is 58.4 Å². The number of ketones is 1. The maximum absolute atomic E-state index is 12.2. The van der Waals surface area contributed by atoms with E-state index in [-0.39, 0.29) is 5.78 Å². The zero-order chi connectivity index (χ0) is 14.7. The zero-order valence-corrected chi connectivity index (χ0v) is 12.4. The van der Waals surface area contributed by atoms with Gasteiger partial charge in [-0.2, -0.15) is 0 Å². The summed E-state index contributed by atoms with van der Waals surface area (Å²) in [6.45, 7) is 0.674. The molecule has 1 aliphatic rings. The van der Waals surface area contributed by atoms with Gasteiger partial charge >= 0.3 is 0 Å². The summed E-state index contributed by atoms with van der Waals surface area (Å²) in [5.74, 6) is 1.06. The molecule has 0 saturated heterocycles. The Balaban J connectivity index is 1.65. The molecule has 2 heterocycles. The minimum Gasteiger partial charge on any atom is -0.493 e. The summed E-state index contributed by atoms with van der Waals surface area (Å²) in [5, 5.41) is 0.677. The molecule has 0 atom stereocenters. The first-order valence-corrected chi connectivity index (χ1v) is 7.45. The van der Waals surface area contributed by atoms with Crippen molar-refractivity contribution in [3.8, 4) is 5.75 Å². The van der Waals surface area contributed by atoms with Crippen molar-refractivity contribution in [3.63, 3.8) is 0 Å². The molecule has 0 saturated carbocycles. The lowest BCUT2D eigenvalue weighted by atomic mass is 10.0. The molecule has 0 fully saturated rings. The van der Waals surface area contributed by atoms with Gasteiger partial charge in [-0.1, -0.05) is 11.6 Å². The topological polar surface area (TPSA) is 39.2 Å². The molecule has 0 bridgehead atoms. The number of rotatable bonds is 5. The summed E-state index contributed by atoms with van der Waals surface area (Å²) in [4.78, 5) is 16.2. The molecule has 108 valence electrons. The fourth-order valence-electron chi connectivity index (χ4n) is 2.61. The third-order valence-corrected chi connectivity index (χ3v) is 3.87. The van der Waals surface area contributed by atoms with Crippen LogP contribution in [-0.4, -0.2) is 17.4 Å². The highest BCUT2D eigenvalue weighted by atomic mass is 35.5. The van der Waals surface area contributed by atoms with E-state index in [1.807, 2.05) is 24.3 Å². The van der Waals surface area contributed by atoms with Gasteiger partial charge in [0.15, 0.2) is 0 Å². The fraction of sp³-hybridized carbons (Fsp3) is 0.294. The fourth-order valence-corrected chi connectivity index (χ4v) is 2.87. The van der Waals surface area contributed by atoms with Crippen molar-refractivity contribution < 1.29 is 9.53 Å². The molecule has 0 unspecified atom stereocenters. The number of aryl methyl sites for hydroxylation is 1. The predicted molar refractivity (Wildman–Crippen MR) is 81.9 cm³/mol. The molecule has 1 aromatic carbocycles. The average molecular weight is 302 g/mol. The van der Waals surface area contributed by atoms with E-state index in [4.69, 9.17) is 16.3 Å². The van der Waals surface area contributed by atoms with Gasteiger partial charge in [-0.25, -0.2) is 0 Å². The van der Waals surface area contributed by atoms with Crippen LogP contribution in [0.25, 0.3) is 0 Å². The molecule has 21 heavy (non-hydrogen) atoms. The molecule has 0 N–H and O–H groups in total. The number of hydrogen-bond acceptors (Lipinski definition) is 3. The number of aromatic nitrogens is 1. The van der Waals surface area contributed by atoms with Crippen molar-refractivity contribution in [2.75, 3.05) is 6.61 Å². The number of nitrogens with zero attached hydrogens (tertiary/aromatic N) is 1. The first kappa shape index (κ1) is 14.1. The molecule has 1 aromatic heterocycles. The Bertz CT molecular complexity index is 655. The Morgan fingerprint density at radius 2 is 2.10 bits per heavy atom. The van der Waals surface area contributed by atoms with Gasteiger partial charge in [-0.3, -0.25) is 9.78 Å². The number of halogens is 1. The lowest BCUT2D eigenvalue weighted by Crippen LogP contribution is -2.06. The molecular weight excluding hydrogens is 286 g/mol. The molecule has 0 radical (unpaired) electrons. The Morgan fingerprint density at radius 1 is 1.29 bits per heavy atom. The monoisotopic (exact) mass is 301 g/mol. The Labute approximate surface area is 128 Å². The summed E-state index contributed by atoms with van der Waals surface area (Å²) in [6.07, 6.45) is 6.01. The van der Waals surface area contributed by atoms with E-state index in [2.05, 4.69) is 4.98 Å². The second-order valence-electron chi connectivity index (χ2n) is 5.22. The van der Waals surface area contributed by atoms with E-state index in [9.17, 15) is 4.79 Å². The number of ether oxygens (including phenoxy) is 1. The van der Waals surface area contributed by atoms with E-state index >= 15 is 0 Å². The van der Waals surface area contributed by atoms with Crippen molar-refractivity contribution in [1.29, 1.82) is 0 Å². The number of Topliss-reactive ketones (excluding diaryl/α,β-unsaturated/α-hetero) is 1. The summed E-state index contributed by atoms with van der Waals surface area (Å²) >= 11 is 6.11. The standard InChI is InChI=1S/C17H16ClNO2/c18-15-9-13-5-8-21-17(13)14(10-15)11-16(20)2-1-12-3-6-19-7-4-12/h3-4,6-7,9-10H,1-2,5,8,11H2. The first-order valence-electron chi connectivity index (χ1n) is 7.07. The van der Waals surface area contributed by atoms with E-state index in [0.29, 0.717) is 24.5 Å². The molecule has 0 amide bonds. The average Bonchev–Trinajstić information content (AvgIpc) is 2.94. The van der Waals surface area contributed by atoms with Crippen LogP contribution in [0, 0.1) is 0 Å². The smallest absolute Gasteiger partial charge is 0.137 e. The number of hydrogen-bond donors (Lipinski definition) is 0. The third kappa shape index (κ3) is 3.42. The van der Waals surface area contributed by atoms with Crippen LogP contribution in [0.3, 0.4) is 0 Å². The maximum atomic E-state index is 12.2. The zero-order valence-electron chi connectivity index (χ0n) is 11.6. The van der Waals surface area contributed by atoms with Gasteiger partial charge in [-0.05, 0) is 41.8 Å². The first-order chi connectivity index (χ1) is 10.2. The molecule has 3 rings (SSSR count). The van der Waals surface area contributed by atoms with Crippen LogP contribution >= 0.6 is 11.6 Å². The number of fused-ring (bicyclic) bond motifs is 1. The van der Waals surface area contributed by atoms with Crippen molar-refractivity contribution in [2.24, 2.45) is 0 Å². The lowest BCUT2D eigenvalue weighted by Gasteiger charge is -2.08. The molecule has 0 spiro atoms. The molecule has 0 aliphatic carbocycles. The van der Waals surface area contributed by atoms with Crippen LogP contribution in [-0.2, 0) is 24.1 Å². The SMILES string of the molecule is O=C(CCc1ccncc1)Cc1cc(Cl)cc2c1OCC2. The Morgan fingerprint density at radius 3 is 2.90 bits per heavy atom. The van der Waals surface area contributed by atoms with Crippen LogP contribution in [0.5, 0.6) is 5.75 Å². The van der Waals surface area contributed by atoms with Gasteiger partial charge in [0.1, 0.15) is 11.5 Å². The van der Waals surface area contributed by atoms with Crippen LogP contribution in [0.2, 0.25) is 5.02 Å². The van der Waals surface area contributed by atoms with Gasteiger partial charge in [0.2, 0.25) is 0 Å². The minimum absolute atomic E-state index is 0.201. The summed E-state index contributed by atoms with van der Waals surface area (Å²) in [7, 11) is 0. The highest BCUT2D eigenvalue weighted by Crippen LogP contribution is 2.33. The summed E-state index contributed by atoms with van der Waals surface area (Å²) in [6, 6.07) is 7.64. The summed E-state index contributed by atoms with van der Waals surface area (Å²) < 4.78 is 5.63. The van der Waals surface area contributed by atoms with Gasteiger partial charge in [-0.15, -0.1) is 0 Å². The summed E-state index contributed by atoms with van der Waals surface area (Å²) in [5.41, 5.74) is 3.15. The van der Waals surface area contributed by atoms with Gasteiger partial charge in [0.25, 0.3) is 0 Å². The van der Waals surface area contributed by atoms with Crippen LogP contribution in [0.15, 0.2) is 36.7 Å².